The zero-order valence-electron chi connectivity index (χ0n) is 7.05. The highest BCUT2D eigenvalue weighted by Crippen LogP contribution is 2.26. The summed E-state index contributed by atoms with van der Waals surface area (Å²) in [6, 6.07) is 5.98. The number of rotatable bonds is 2. The summed E-state index contributed by atoms with van der Waals surface area (Å²) in [7, 11) is 0. The van der Waals surface area contributed by atoms with Crippen LogP contribution in [-0.2, 0) is 0 Å². The summed E-state index contributed by atoms with van der Waals surface area (Å²) in [4.78, 5) is 0. The van der Waals surface area contributed by atoms with Crippen molar-refractivity contribution in [1.29, 1.82) is 0 Å². The van der Waals surface area contributed by atoms with E-state index in [4.69, 9.17) is 5.11 Å². The molecule has 2 heteroatoms. The molecule has 0 bridgehead atoms. The minimum absolute atomic E-state index is 0.0423. The normalized spacial score (nSPS) is 13.0. The Labute approximate surface area is 81.6 Å². The van der Waals surface area contributed by atoms with Gasteiger partial charge in [0.05, 0.1) is 0 Å². The van der Waals surface area contributed by atoms with Crippen LogP contribution in [0.5, 0.6) is 0 Å². The molecule has 0 heterocycles. The first kappa shape index (κ1) is 9.75. The fourth-order valence-electron chi connectivity index (χ4n) is 1.08. The Morgan fingerprint density at radius 3 is 2.83 bits per heavy atom. The van der Waals surface area contributed by atoms with Gasteiger partial charge >= 0.3 is 0 Å². The molecule has 0 amide bonds. The average Bonchev–Trinajstić information content (AvgIpc) is 2.08. The number of aliphatic hydroxyl groups is 1. The van der Waals surface area contributed by atoms with Crippen LogP contribution >= 0.6 is 15.9 Å². The first-order chi connectivity index (χ1) is 5.66. The third-order valence-electron chi connectivity index (χ3n) is 1.88. The van der Waals surface area contributed by atoms with E-state index in [9.17, 15) is 0 Å². The first-order valence-corrected chi connectivity index (χ1v) is 4.65. The Balaban J connectivity index is 3.07. The van der Waals surface area contributed by atoms with Crippen LogP contribution in [0.2, 0.25) is 0 Å². The highest BCUT2D eigenvalue weighted by Gasteiger charge is 2.08. The van der Waals surface area contributed by atoms with Crippen LogP contribution in [-0.4, -0.2) is 11.7 Å². The average molecular weight is 228 g/mol. The third-order valence-corrected chi connectivity index (χ3v) is 2.97. The highest BCUT2D eigenvalue weighted by molar-refractivity contribution is 9.10. The topological polar surface area (TPSA) is 20.2 Å². The van der Waals surface area contributed by atoms with E-state index >= 15 is 0 Å². The van der Waals surface area contributed by atoms with Gasteiger partial charge in [0, 0.05) is 17.0 Å². The lowest BCUT2D eigenvalue weighted by Gasteiger charge is -2.11. The minimum atomic E-state index is -0.0423. The molecule has 0 saturated heterocycles. The van der Waals surface area contributed by atoms with Crippen LogP contribution < -0.4 is 0 Å². The van der Waals surface area contributed by atoms with Gasteiger partial charge in [-0.1, -0.05) is 34.1 Å². The first-order valence-electron chi connectivity index (χ1n) is 3.85. The minimum Gasteiger partial charge on any atom is -0.396 e. The van der Waals surface area contributed by atoms with E-state index in [0.717, 1.165) is 10.0 Å². The Morgan fingerprint density at radius 1 is 1.58 bits per heavy atom. The molecule has 0 fully saturated rings. The predicted octanol–water partition coefficient (Wildman–Crippen LogP) is 2.67. The molecule has 1 unspecified atom stereocenters. The molecule has 65 valence electrons. The van der Waals surface area contributed by atoms with Gasteiger partial charge in [0.25, 0.3) is 0 Å². The quantitative estimate of drug-likeness (QED) is 0.824. The van der Waals surface area contributed by atoms with E-state index in [-0.39, 0.29) is 12.5 Å². The number of halogens is 1. The van der Waals surface area contributed by atoms with Crippen molar-refractivity contribution in [3.8, 4) is 0 Å². The molecule has 0 aliphatic carbocycles. The second-order valence-electron chi connectivity index (χ2n) is 2.86. The molecular formula is C10H12BrO. The molecule has 0 saturated carbocycles. The summed E-state index contributed by atoms with van der Waals surface area (Å²) in [5, 5.41) is 8.92. The van der Waals surface area contributed by atoms with E-state index in [0.29, 0.717) is 0 Å². The number of aryl methyl sites for hydroxylation is 1. The lowest BCUT2D eigenvalue weighted by Crippen LogP contribution is -2.00. The standard InChI is InChI=1S/C10H12BrO/c1-7-4-3-5-9(10(7)11)8(2)6-12/h3-5,8,12H,2,6H2,1H3. The van der Waals surface area contributed by atoms with Crippen LogP contribution in [0.25, 0.3) is 0 Å². The number of hydrogen-bond acceptors (Lipinski definition) is 1. The molecule has 1 atom stereocenters. The second-order valence-corrected chi connectivity index (χ2v) is 3.65. The van der Waals surface area contributed by atoms with Gasteiger partial charge < -0.3 is 5.11 Å². The van der Waals surface area contributed by atoms with Crippen molar-refractivity contribution in [2.24, 2.45) is 0 Å². The van der Waals surface area contributed by atoms with Crippen LogP contribution in [0, 0.1) is 13.8 Å². The summed E-state index contributed by atoms with van der Waals surface area (Å²) in [6.07, 6.45) is 0. The van der Waals surface area contributed by atoms with Gasteiger partial charge in [-0.15, -0.1) is 0 Å². The van der Waals surface area contributed by atoms with Crippen LogP contribution in [0.3, 0.4) is 0 Å². The number of aliphatic hydroxyl groups excluding tert-OH is 1. The molecule has 0 aromatic heterocycles. The molecule has 1 aromatic carbocycles. The zero-order valence-corrected chi connectivity index (χ0v) is 8.63. The van der Waals surface area contributed by atoms with Crippen molar-refractivity contribution in [3.05, 3.63) is 40.7 Å². The summed E-state index contributed by atoms with van der Waals surface area (Å²) in [6.45, 7) is 5.96. The monoisotopic (exact) mass is 227 g/mol. The third kappa shape index (κ3) is 1.87. The van der Waals surface area contributed by atoms with E-state index in [2.05, 4.69) is 22.9 Å². The molecule has 0 aliphatic heterocycles. The van der Waals surface area contributed by atoms with Gasteiger partial charge in [-0.2, -0.15) is 0 Å². The fraction of sp³-hybridized carbons (Fsp3) is 0.300. The van der Waals surface area contributed by atoms with Crippen LogP contribution in [0.4, 0.5) is 0 Å². The zero-order chi connectivity index (χ0) is 9.14. The van der Waals surface area contributed by atoms with E-state index < -0.39 is 0 Å². The summed E-state index contributed by atoms with van der Waals surface area (Å²) >= 11 is 3.47. The smallest absolute Gasteiger partial charge is 0.0500 e. The molecule has 0 aliphatic rings. The Hall–Kier alpha value is -0.340. The molecule has 12 heavy (non-hydrogen) atoms. The van der Waals surface area contributed by atoms with Crippen LogP contribution in [0.15, 0.2) is 22.7 Å². The van der Waals surface area contributed by atoms with Gasteiger partial charge in [-0.3, -0.25) is 0 Å². The van der Waals surface area contributed by atoms with Gasteiger partial charge in [0.1, 0.15) is 0 Å². The summed E-state index contributed by atoms with van der Waals surface area (Å²) < 4.78 is 1.05. The largest absolute Gasteiger partial charge is 0.396 e. The maximum Gasteiger partial charge on any atom is 0.0500 e. The predicted molar refractivity (Wildman–Crippen MR) is 54.1 cm³/mol. The Bertz CT molecular complexity index is 271. The Kier molecular flexibility index (Phi) is 3.29. The van der Waals surface area contributed by atoms with Gasteiger partial charge in [-0.05, 0) is 25.0 Å². The van der Waals surface area contributed by atoms with E-state index in [1.165, 1.54) is 5.56 Å². The Morgan fingerprint density at radius 2 is 2.25 bits per heavy atom. The van der Waals surface area contributed by atoms with E-state index in [1.54, 1.807) is 0 Å². The van der Waals surface area contributed by atoms with Gasteiger partial charge in [-0.25, -0.2) is 0 Å². The second kappa shape index (κ2) is 4.06. The molecular weight excluding hydrogens is 216 g/mol. The lowest BCUT2D eigenvalue weighted by molar-refractivity contribution is 0.282. The molecule has 1 radical (unpaired) electrons. The molecule has 1 rings (SSSR count). The highest BCUT2D eigenvalue weighted by atomic mass is 79.9. The lowest BCUT2D eigenvalue weighted by atomic mass is 10.0. The fourth-order valence-corrected chi connectivity index (χ4v) is 1.67. The SMILES string of the molecule is [CH2]C(CO)c1cccc(C)c1Br. The van der Waals surface area contributed by atoms with Gasteiger partial charge in [0.15, 0.2) is 0 Å². The maximum absolute atomic E-state index is 8.92. The number of hydrogen-bond donors (Lipinski definition) is 1. The summed E-state index contributed by atoms with van der Waals surface area (Å²) in [5.74, 6) is -0.0423. The van der Waals surface area contributed by atoms with Crippen molar-refractivity contribution in [2.45, 2.75) is 12.8 Å². The summed E-state index contributed by atoms with van der Waals surface area (Å²) in [5.41, 5.74) is 2.24. The molecule has 1 nitrogen and oxygen atoms in total. The van der Waals surface area contributed by atoms with Crippen molar-refractivity contribution in [2.75, 3.05) is 6.61 Å². The van der Waals surface area contributed by atoms with Crippen molar-refractivity contribution >= 4 is 15.9 Å². The molecule has 1 aromatic rings. The van der Waals surface area contributed by atoms with Crippen molar-refractivity contribution in [1.82, 2.24) is 0 Å². The number of benzene rings is 1. The molecule has 0 spiro atoms. The van der Waals surface area contributed by atoms with Crippen molar-refractivity contribution in [3.63, 3.8) is 0 Å². The van der Waals surface area contributed by atoms with E-state index in [1.807, 2.05) is 25.1 Å². The van der Waals surface area contributed by atoms with Crippen molar-refractivity contribution < 1.29 is 5.11 Å². The van der Waals surface area contributed by atoms with Crippen LogP contribution in [0.1, 0.15) is 17.0 Å². The molecule has 1 N–H and O–H groups in total. The van der Waals surface area contributed by atoms with Gasteiger partial charge in [0.2, 0.25) is 0 Å². The maximum atomic E-state index is 8.92.